The van der Waals surface area contributed by atoms with Crippen LogP contribution in [0.2, 0.25) is 5.02 Å². The van der Waals surface area contributed by atoms with Gasteiger partial charge in [0.15, 0.2) is 0 Å². The summed E-state index contributed by atoms with van der Waals surface area (Å²) in [7, 11) is 0. The van der Waals surface area contributed by atoms with Crippen molar-refractivity contribution in [2.75, 3.05) is 13.1 Å². The van der Waals surface area contributed by atoms with Gasteiger partial charge in [0, 0.05) is 25.6 Å². The van der Waals surface area contributed by atoms with Gasteiger partial charge in [-0.3, -0.25) is 4.79 Å². The van der Waals surface area contributed by atoms with E-state index in [9.17, 15) is 4.79 Å². The Balaban J connectivity index is 0.00000208. The molecule has 0 aliphatic carbocycles. The number of rotatable bonds is 4. The Labute approximate surface area is 152 Å². The summed E-state index contributed by atoms with van der Waals surface area (Å²) in [6.07, 6.45) is 2.45. The van der Waals surface area contributed by atoms with E-state index in [0.29, 0.717) is 18.1 Å². The molecule has 1 aromatic heterocycles. The van der Waals surface area contributed by atoms with Gasteiger partial charge in [-0.15, -0.1) is 17.5 Å². The molecule has 0 unspecified atom stereocenters. The van der Waals surface area contributed by atoms with Gasteiger partial charge in [0.05, 0.1) is 10.7 Å². The third kappa shape index (κ3) is 3.71. The number of hydrogen-bond donors (Lipinski definition) is 1. The van der Waals surface area contributed by atoms with E-state index < -0.39 is 0 Å². The third-order valence-corrected chi connectivity index (χ3v) is 4.25. The van der Waals surface area contributed by atoms with Crippen LogP contribution < -0.4 is 5.73 Å². The number of likely N-dealkylation sites (tertiary alicyclic amines) is 1. The van der Waals surface area contributed by atoms with Gasteiger partial charge >= 0.3 is 0 Å². The number of hydrogen-bond acceptors (Lipinski definition) is 4. The first-order chi connectivity index (χ1) is 11.1. The van der Waals surface area contributed by atoms with E-state index in [4.69, 9.17) is 17.3 Å². The van der Waals surface area contributed by atoms with Crippen molar-refractivity contribution in [2.45, 2.75) is 32.2 Å². The van der Waals surface area contributed by atoms with Crippen molar-refractivity contribution in [1.82, 2.24) is 19.7 Å². The summed E-state index contributed by atoms with van der Waals surface area (Å²) in [6.45, 7) is 3.28. The van der Waals surface area contributed by atoms with Crippen LogP contribution in [0.25, 0.3) is 5.69 Å². The molecule has 1 amide bonds. The van der Waals surface area contributed by atoms with Crippen LogP contribution in [-0.4, -0.2) is 44.7 Å². The quantitative estimate of drug-likeness (QED) is 0.897. The van der Waals surface area contributed by atoms with Crippen LogP contribution in [0, 0.1) is 0 Å². The first-order valence-electron chi connectivity index (χ1n) is 7.86. The Hall–Kier alpha value is -1.63. The Morgan fingerprint density at radius 1 is 1.42 bits per heavy atom. The van der Waals surface area contributed by atoms with Crippen molar-refractivity contribution in [2.24, 2.45) is 5.73 Å². The van der Waals surface area contributed by atoms with Crippen molar-refractivity contribution in [3.63, 3.8) is 0 Å². The zero-order valence-electron chi connectivity index (χ0n) is 13.5. The molecule has 0 saturated carbocycles. The highest BCUT2D eigenvalue weighted by molar-refractivity contribution is 6.32. The largest absolute Gasteiger partial charge is 0.334 e. The molecule has 8 heteroatoms. The molecule has 1 aliphatic rings. The highest BCUT2D eigenvalue weighted by atomic mass is 35.5. The predicted octanol–water partition coefficient (Wildman–Crippen LogP) is 2.47. The van der Waals surface area contributed by atoms with Crippen molar-refractivity contribution < 1.29 is 4.79 Å². The maximum Gasteiger partial charge on any atom is 0.293 e. The van der Waals surface area contributed by atoms with Gasteiger partial charge in [-0.05, 0) is 25.0 Å². The molecule has 130 valence electrons. The highest BCUT2D eigenvalue weighted by Gasteiger charge is 2.28. The number of aryl methyl sites for hydroxylation is 1. The molecular weight excluding hydrogens is 349 g/mol. The number of benzene rings is 1. The molecule has 1 atom stereocenters. The molecule has 1 fully saturated rings. The number of nitrogens with zero attached hydrogens (tertiary/aromatic N) is 4. The van der Waals surface area contributed by atoms with Crippen LogP contribution in [0.5, 0.6) is 0 Å². The average Bonchev–Trinajstić information content (AvgIpc) is 3.14. The minimum absolute atomic E-state index is 0. The zero-order valence-corrected chi connectivity index (χ0v) is 15.1. The lowest BCUT2D eigenvalue weighted by molar-refractivity contribution is 0.0779. The fraction of sp³-hybridized carbons (Fsp3) is 0.438. The number of para-hydroxylation sites is 1. The fourth-order valence-electron chi connectivity index (χ4n) is 2.75. The van der Waals surface area contributed by atoms with Crippen LogP contribution in [-0.2, 0) is 6.42 Å². The molecule has 2 N–H and O–H groups in total. The fourth-order valence-corrected chi connectivity index (χ4v) is 2.97. The summed E-state index contributed by atoms with van der Waals surface area (Å²) in [5.74, 6) is 0.788. The lowest BCUT2D eigenvalue weighted by atomic mass is 10.3. The number of halogens is 2. The molecule has 0 spiro atoms. The summed E-state index contributed by atoms with van der Waals surface area (Å²) < 4.78 is 1.68. The molecule has 2 aromatic rings. The highest BCUT2D eigenvalue weighted by Crippen LogP contribution is 2.21. The zero-order chi connectivity index (χ0) is 16.4. The Kier molecular flexibility index (Phi) is 6.21. The second kappa shape index (κ2) is 7.96. The van der Waals surface area contributed by atoms with Gasteiger partial charge < -0.3 is 10.6 Å². The maximum absolute atomic E-state index is 12.6. The first kappa shape index (κ1) is 18.7. The van der Waals surface area contributed by atoms with E-state index in [-0.39, 0.29) is 30.2 Å². The third-order valence-electron chi connectivity index (χ3n) is 3.93. The monoisotopic (exact) mass is 369 g/mol. The summed E-state index contributed by atoms with van der Waals surface area (Å²) in [4.78, 5) is 18.7. The van der Waals surface area contributed by atoms with Gasteiger partial charge in [-0.2, -0.15) is 0 Å². The number of carbonyl (C=O) groups is 1. The molecule has 24 heavy (non-hydrogen) atoms. The van der Waals surface area contributed by atoms with Crippen LogP contribution >= 0.6 is 24.0 Å². The Bertz CT molecular complexity index is 718. The van der Waals surface area contributed by atoms with Gasteiger partial charge in [0.1, 0.15) is 5.82 Å². The van der Waals surface area contributed by atoms with Crippen LogP contribution in [0.4, 0.5) is 0 Å². The number of amides is 1. The van der Waals surface area contributed by atoms with Crippen molar-refractivity contribution in [3.8, 4) is 5.69 Å². The average molecular weight is 370 g/mol. The maximum atomic E-state index is 12.6. The second-order valence-corrected chi connectivity index (χ2v) is 6.17. The van der Waals surface area contributed by atoms with Crippen LogP contribution in [0.15, 0.2) is 24.3 Å². The molecular formula is C16H21Cl2N5O. The summed E-state index contributed by atoms with van der Waals surface area (Å²) in [5.41, 5.74) is 6.62. The summed E-state index contributed by atoms with van der Waals surface area (Å²) in [6, 6.07) is 7.46. The first-order valence-corrected chi connectivity index (χ1v) is 8.23. The normalized spacial score (nSPS) is 17.0. The summed E-state index contributed by atoms with van der Waals surface area (Å²) >= 11 is 6.27. The van der Waals surface area contributed by atoms with E-state index in [0.717, 1.165) is 30.8 Å². The molecule has 6 nitrogen and oxygen atoms in total. The number of nitrogens with two attached hydrogens (primary N) is 1. The van der Waals surface area contributed by atoms with Crippen molar-refractivity contribution >= 4 is 29.9 Å². The topological polar surface area (TPSA) is 77.0 Å². The Morgan fingerprint density at radius 3 is 2.79 bits per heavy atom. The number of carbonyl (C=O) groups excluding carboxylic acids is 1. The molecule has 0 bridgehead atoms. The number of aromatic nitrogens is 3. The van der Waals surface area contributed by atoms with Gasteiger partial charge in [-0.1, -0.05) is 30.7 Å². The molecule has 1 aliphatic heterocycles. The SMILES string of the molecule is CCCc1nc(C(=O)N2CC[C@@H](N)C2)nn1-c1ccccc1Cl.Cl. The van der Waals surface area contributed by atoms with E-state index in [1.165, 1.54) is 0 Å². The minimum atomic E-state index is -0.166. The van der Waals surface area contributed by atoms with Gasteiger partial charge in [0.2, 0.25) is 5.82 Å². The van der Waals surface area contributed by atoms with E-state index in [1.807, 2.05) is 18.2 Å². The van der Waals surface area contributed by atoms with E-state index in [1.54, 1.807) is 15.6 Å². The molecule has 3 rings (SSSR count). The lowest BCUT2D eigenvalue weighted by Crippen LogP contribution is -2.32. The molecule has 0 radical (unpaired) electrons. The Morgan fingerprint density at radius 2 is 2.17 bits per heavy atom. The molecule has 2 heterocycles. The minimum Gasteiger partial charge on any atom is -0.334 e. The van der Waals surface area contributed by atoms with Gasteiger partial charge in [0.25, 0.3) is 5.91 Å². The molecule has 1 aromatic carbocycles. The standard InChI is InChI=1S/C16H20ClN5O.ClH/c1-2-5-14-19-15(16(23)21-9-8-11(18)10-21)20-22(14)13-7-4-3-6-12(13)17;/h3-4,6-7,11H,2,5,8-10,18H2,1H3;1H/t11-;/m1./s1. The van der Waals surface area contributed by atoms with Crippen LogP contribution in [0.1, 0.15) is 36.2 Å². The van der Waals surface area contributed by atoms with E-state index in [2.05, 4.69) is 17.0 Å². The summed E-state index contributed by atoms with van der Waals surface area (Å²) in [5, 5.41) is 5.00. The lowest BCUT2D eigenvalue weighted by Gasteiger charge is -2.12. The van der Waals surface area contributed by atoms with Crippen molar-refractivity contribution in [3.05, 3.63) is 40.9 Å². The van der Waals surface area contributed by atoms with Crippen molar-refractivity contribution in [1.29, 1.82) is 0 Å². The predicted molar refractivity (Wildman–Crippen MR) is 96.1 cm³/mol. The molecule has 1 saturated heterocycles. The van der Waals surface area contributed by atoms with Gasteiger partial charge in [-0.25, -0.2) is 9.67 Å². The smallest absolute Gasteiger partial charge is 0.293 e. The van der Waals surface area contributed by atoms with E-state index >= 15 is 0 Å². The van der Waals surface area contributed by atoms with Crippen LogP contribution in [0.3, 0.4) is 0 Å². The second-order valence-electron chi connectivity index (χ2n) is 5.76.